The summed E-state index contributed by atoms with van der Waals surface area (Å²) < 4.78 is 54.5. The zero-order valence-electron chi connectivity index (χ0n) is 24.7. The molecule has 238 valence electrons. The lowest BCUT2D eigenvalue weighted by Gasteiger charge is -2.31. The fraction of sp³-hybridized carbons (Fsp3) is 0.273. The molecule has 3 unspecified atom stereocenters. The number of alkyl halides is 3. The van der Waals surface area contributed by atoms with E-state index in [1.165, 1.54) is 22.8 Å². The highest BCUT2D eigenvalue weighted by molar-refractivity contribution is 8.00. The highest BCUT2D eigenvalue weighted by Crippen LogP contribution is 2.54. The van der Waals surface area contributed by atoms with E-state index >= 15 is 0 Å². The molecule has 1 saturated heterocycles. The van der Waals surface area contributed by atoms with Crippen LogP contribution in [0.15, 0.2) is 82.6 Å². The van der Waals surface area contributed by atoms with E-state index in [4.69, 9.17) is 0 Å². The number of carbonyl (C=O) groups is 3. The van der Waals surface area contributed by atoms with Crippen molar-refractivity contribution in [3.8, 4) is 0 Å². The molecule has 0 spiro atoms. The van der Waals surface area contributed by atoms with Crippen molar-refractivity contribution in [1.29, 1.82) is 0 Å². The largest absolute Gasteiger partial charge is 0.416 e. The van der Waals surface area contributed by atoms with Crippen molar-refractivity contribution in [2.75, 3.05) is 10.2 Å². The predicted octanol–water partition coefficient (Wildman–Crippen LogP) is 6.80. The molecule has 0 bridgehead atoms. The Kier molecular flexibility index (Phi) is 7.96. The molecule has 46 heavy (non-hydrogen) atoms. The average molecular weight is 670 g/mol. The third-order valence-electron chi connectivity index (χ3n) is 8.05. The fourth-order valence-electron chi connectivity index (χ4n) is 5.77. The van der Waals surface area contributed by atoms with Crippen LogP contribution < -0.4 is 15.1 Å². The number of rotatable bonds is 5. The van der Waals surface area contributed by atoms with Crippen molar-refractivity contribution in [2.24, 2.45) is 5.92 Å². The molecule has 4 aromatic rings. The van der Waals surface area contributed by atoms with Crippen LogP contribution in [0.2, 0.25) is 0 Å². The topological polar surface area (TPSA) is 88.5 Å². The number of nitrogens with zero attached hydrogens (tertiary/aromatic N) is 2. The lowest BCUT2D eigenvalue weighted by molar-refractivity contribution is -0.137. The number of amides is 3. The first-order valence-corrected chi connectivity index (χ1v) is 15.9. The van der Waals surface area contributed by atoms with Gasteiger partial charge in [0.05, 0.1) is 22.2 Å². The van der Waals surface area contributed by atoms with Crippen LogP contribution in [0.1, 0.15) is 48.3 Å². The second-order valence-electron chi connectivity index (χ2n) is 12.2. The summed E-state index contributed by atoms with van der Waals surface area (Å²) in [5.41, 5.74) is 0.772. The Morgan fingerprint density at radius 3 is 2.20 bits per heavy atom. The first kappa shape index (κ1) is 31.7. The third kappa shape index (κ3) is 5.77. The van der Waals surface area contributed by atoms with Gasteiger partial charge in [-0.15, -0.1) is 0 Å². The molecule has 0 radical (unpaired) electrons. The molecule has 13 heteroatoms. The minimum absolute atomic E-state index is 0.0898. The quantitative estimate of drug-likeness (QED) is 0.187. The van der Waals surface area contributed by atoms with Crippen LogP contribution in [0.25, 0.3) is 0 Å². The Morgan fingerprint density at radius 1 is 0.891 bits per heavy atom. The number of aromatic nitrogens is 1. The standard InChI is InChI=1S/C33H27F4N3O4S2/c1-32(2,3)18-9-7-17(8-10-18)24-25-26(29(43)40(28(25)42)22-13-11-20(34)12-14-22)45-30-27(24)46-31(44)39(30)16-23(41)38-21-6-4-5-19(15-21)33(35,36)37/h4-15,24-26H,16H2,1-3H3,(H,38,41). The van der Waals surface area contributed by atoms with Crippen LogP contribution in [0.4, 0.5) is 28.9 Å². The average Bonchev–Trinajstić information content (AvgIpc) is 3.43. The van der Waals surface area contributed by atoms with Crippen LogP contribution in [-0.2, 0) is 32.5 Å². The van der Waals surface area contributed by atoms with Gasteiger partial charge in [0.1, 0.15) is 17.6 Å². The molecule has 0 saturated carbocycles. The van der Waals surface area contributed by atoms with Gasteiger partial charge in [-0.3, -0.25) is 23.7 Å². The molecular weight excluding hydrogens is 643 g/mol. The van der Waals surface area contributed by atoms with Crippen molar-refractivity contribution >= 4 is 52.2 Å². The highest BCUT2D eigenvalue weighted by atomic mass is 32.2. The number of imide groups is 1. The number of benzene rings is 3. The summed E-state index contributed by atoms with van der Waals surface area (Å²) in [6.07, 6.45) is -4.61. The monoisotopic (exact) mass is 669 g/mol. The highest BCUT2D eigenvalue weighted by Gasteiger charge is 2.56. The number of thiazole rings is 1. The molecule has 6 rings (SSSR count). The van der Waals surface area contributed by atoms with Crippen molar-refractivity contribution < 1.29 is 31.9 Å². The van der Waals surface area contributed by atoms with E-state index in [1.807, 2.05) is 24.3 Å². The summed E-state index contributed by atoms with van der Waals surface area (Å²) in [6.45, 7) is 5.65. The summed E-state index contributed by atoms with van der Waals surface area (Å²) in [5, 5.41) is 1.80. The first-order valence-electron chi connectivity index (χ1n) is 14.2. The van der Waals surface area contributed by atoms with Crippen LogP contribution in [0.5, 0.6) is 0 Å². The molecule has 3 aromatic carbocycles. The Hall–Kier alpha value is -4.23. The second-order valence-corrected chi connectivity index (χ2v) is 14.3. The summed E-state index contributed by atoms with van der Waals surface area (Å²) in [6, 6.07) is 16.8. The van der Waals surface area contributed by atoms with Crippen LogP contribution in [0, 0.1) is 11.7 Å². The van der Waals surface area contributed by atoms with Gasteiger partial charge in [-0.1, -0.05) is 74.2 Å². The molecule has 7 nitrogen and oxygen atoms in total. The van der Waals surface area contributed by atoms with Gasteiger partial charge < -0.3 is 5.32 Å². The Morgan fingerprint density at radius 2 is 1.57 bits per heavy atom. The molecule has 3 heterocycles. The van der Waals surface area contributed by atoms with Crippen LogP contribution in [-0.4, -0.2) is 27.5 Å². The molecule has 1 N–H and O–H groups in total. The van der Waals surface area contributed by atoms with Gasteiger partial charge in [0.15, 0.2) is 0 Å². The normalized spacial score (nSPS) is 19.6. The zero-order valence-corrected chi connectivity index (χ0v) is 26.4. The number of carbonyl (C=O) groups excluding carboxylic acids is 3. The molecule has 1 aromatic heterocycles. The predicted molar refractivity (Wildman–Crippen MR) is 168 cm³/mol. The lowest BCUT2D eigenvalue weighted by Crippen LogP contribution is -2.33. The van der Waals surface area contributed by atoms with E-state index in [9.17, 15) is 36.7 Å². The molecule has 1 fully saturated rings. The maximum atomic E-state index is 14.0. The number of hydrogen-bond acceptors (Lipinski definition) is 6. The summed E-state index contributed by atoms with van der Waals surface area (Å²) >= 11 is 1.87. The van der Waals surface area contributed by atoms with E-state index in [2.05, 4.69) is 26.1 Å². The molecular formula is C33H27F4N3O4S2. The van der Waals surface area contributed by atoms with E-state index in [-0.39, 0.29) is 16.8 Å². The molecule has 2 aliphatic rings. The fourth-order valence-corrected chi connectivity index (χ4v) is 8.54. The maximum absolute atomic E-state index is 14.0. The molecule has 2 aliphatic heterocycles. The van der Waals surface area contributed by atoms with Crippen molar-refractivity contribution in [3.63, 3.8) is 0 Å². The van der Waals surface area contributed by atoms with E-state index in [0.29, 0.717) is 15.5 Å². The smallest absolute Gasteiger partial charge is 0.325 e. The number of hydrogen-bond donors (Lipinski definition) is 1. The van der Waals surface area contributed by atoms with Gasteiger partial charge >= 0.3 is 11.0 Å². The van der Waals surface area contributed by atoms with Gasteiger partial charge in [0.2, 0.25) is 17.7 Å². The van der Waals surface area contributed by atoms with E-state index in [1.54, 1.807) is 0 Å². The van der Waals surface area contributed by atoms with Crippen molar-refractivity contribution in [2.45, 2.75) is 55.1 Å². The number of halogens is 4. The number of fused-ring (bicyclic) bond motifs is 2. The van der Waals surface area contributed by atoms with E-state index in [0.717, 1.165) is 63.9 Å². The summed E-state index contributed by atoms with van der Waals surface area (Å²) in [5.74, 6) is -3.88. The minimum atomic E-state index is -4.61. The number of anilines is 2. The van der Waals surface area contributed by atoms with Gasteiger partial charge in [-0.2, -0.15) is 13.2 Å². The first-order chi connectivity index (χ1) is 21.6. The van der Waals surface area contributed by atoms with Gasteiger partial charge in [-0.05, 0) is 59.0 Å². The Balaban J connectivity index is 1.39. The van der Waals surface area contributed by atoms with Crippen molar-refractivity contribution in [3.05, 3.63) is 110 Å². The number of thioether (sulfide) groups is 1. The molecule has 3 atom stereocenters. The molecule has 0 aliphatic carbocycles. The number of nitrogens with one attached hydrogen (secondary N) is 1. The summed E-state index contributed by atoms with van der Waals surface area (Å²) in [7, 11) is 0. The second kappa shape index (κ2) is 11.5. The van der Waals surface area contributed by atoms with E-state index < -0.39 is 63.8 Å². The Labute approximate surface area is 269 Å². The van der Waals surface area contributed by atoms with Crippen LogP contribution in [0.3, 0.4) is 0 Å². The van der Waals surface area contributed by atoms with Gasteiger partial charge in [0, 0.05) is 16.5 Å². The third-order valence-corrected chi connectivity index (χ3v) is 10.6. The Bertz CT molecular complexity index is 1910. The summed E-state index contributed by atoms with van der Waals surface area (Å²) in [4.78, 5) is 55.3. The van der Waals surface area contributed by atoms with Crippen LogP contribution >= 0.6 is 23.1 Å². The zero-order chi connectivity index (χ0) is 33.1. The lowest BCUT2D eigenvalue weighted by atomic mass is 9.81. The van der Waals surface area contributed by atoms with Gasteiger partial charge in [-0.25, -0.2) is 9.29 Å². The molecule has 3 amide bonds. The van der Waals surface area contributed by atoms with Crippen molar-refractivity contribution in [1.82, 2.24) is 4.57 Å². The maximum Gasteiger partial charge on any atom is 0.416 e. The minimum Gasteiger partial charge on any atom is -0.325 e. The SMILES string of the molecule is CC(C)(C)c1ccc(C2c3sc(=O)n(CC(=O)Nc4cccc(C(F)(F)F)c4)c3SC3C(=O)N(c4ccc(F)cc4)C(=O)C32)cc1. The van der Waals surface area contributed by atoms with Gasteiger partial charge in [0.25, 0.3) is 0 Å².